The van der Waals surface area contributed by atoms with Gasteiger partial charge in [-0.2, -0.15) is 5.10 Å². The third-order valence-corrected chi connectivity index (χ3v) is 3.68. The number of aromatic nitrogens is 2. The molecule has 1 aromatic heterocycles. The molecule has 1 heterocycles. The molecule has 100 valence electrons. The average Bonchev–Trinajstić information content (AvgIpc) is 2.74. The molecule has 0 aliphatic carbocycles. The van der Waals surface area contributed by atoms with Gasteiger partial charge in [-0.25, -0.2) is 8.42 Å². The SMILES string of the molecule is Cn1ccc(NS(=O)(=O)c2ccc([N+](=O)[O-])cc2)n1. The van der Waals surface area contributed by atoms with E-state index in [1.54, 1.807) is 13.2 Å². The van der Waals surface area contributed by atoms with Gasteiger partial charge in [-0.15, -0.1) is 0 Å². The van der Waals surface area contributed by atoms with Crippen LogP contribution in [-0.2, 0) is 17.1 Å². The first kappa shape index (κ1) is 13.0. The molecule has 0 atom stereocenters. The van der Waals surface area contributed by atoms with Crippen LogP contribution in [0.4, 0.5) is 11.5 Å². The van der Waals surface area contributed by atoms with E-state index in [9.17, 15) is 18.5 Å². The molecule has 0 bridgehead atoms. The van der Waals surface area contributed by atoms with Gasteiger partial charge in [0.15, 0.2) is 5.82 Å². The van der Waals surface area contributed by atoms with Crippen molar-refractivity contribution >= 4 is 21.5 Å². The lowest BCUT2D eigenvalue weighted by Crippen LogP contribution is -2.13. The summed E-state index contributed by atoms with van der Waals surface area (Å²) in [4.78, 5) is 9.82. The van der Waals surface area contributed by atoms with Crippen LogP contribution in [0, 0.1) is 10.1 Å². The molecule has 8 nitrogen and oxygen atoms in total. The molecule has 19 heavy (non-hydrogen) atoms. The summed E-state index contributed by atoms with van der Waals surface area (Å²) in [5.74, 6) is 0.181. The number of benzene rings is 1. The highest BCUT2D eigenvalue weighted by molar-refractivity contribution is 7.92. The summed E-state index contributed by atoms with van der Waals surface area (Å²) < 4.78 is 27.7. The lowest BCUT2D eigenvalue weighted by molar-refractivity contribution is -0.384. The van der Waals surface area contributed by atoms with Gasteiger partial charge in [0.1, 0.15) is 0 Å². The molecule has 0 radical (unpaired) electrons. The summed E-state index contributed by atoms with van der Waals surface area (Å²) in [5, 5.41) is 14.4. The summed E-state index contributed by atoms with van der Waals surface area (Å²) in [6.07, 6.45) is 1.59. The van der Waals surface area contributed by atoms with Gasteiger partial charge in [-0.05, 0) is 12.1 Å². The quantitative estimate of drug-likeness (QED) is 0.668. The summed E-state index contributed by atoms with van der Waals surface area (Å²) in [5.41, 5.74) is -0.170. The second-order valence-electron chi connectivity index (χ2n) is 3.73. The van der Waals surface area contributed by atoms with Crippen molar-refractivity contribution in [2.45, 2.75) is 4.90 Å². The maximum atomic E-state index is 12.0. The lowest BCUT2D eigenvalue weighted by Gasteiger charge is -2.04. The molecule has 0 unspecified atom stereocenters. The van der Waals surface area contributed by atoms with Crippen molar-refractivity contribution in [3.05, 3.63) is 46.6 Å². The molecule has 0 saturated carbocycles. The number of nitro groups is 1. The topological polar surface area (TPSA) is 107 Å². The number of anilines is 1. The third kappa shape index (κ3) is 2.88. The Morgan fingerprint density at radius 2 is 1.89 bits per heavy atom. The lowest BCUT2D eigenvalue weighted by atomic mass is 10.3. The molecular weight excluding hydrogens is 272 g/mol. The Bertz CT molecular complexity index is 705. The fraction of sp³-hybridized carbons (Fsp3) is 0.100. The Morgan fingerprint density at radius 3 is 2.37 bits per heavy atom. The largest absolute Gasteiger partial charge is 0.274 e. The second kappa shape index (κ2) is 4.69. The van der Waals surface area contributed by atoms with Crippen LogP contribution in [0.2, 0.25) is 0 Å². The molecule has 0 fully saturated rings. The molecule has 2 rings (SSSR count). The molecule has 0 spiro atoms. The first-order valence-corrected chi connectivity index (χ1v) is 6.64. The minimum Gasteiger partial charge on any atom is -0.274 e. The second-order valence-corrected chi connectivity index (χ2v) is 5.41. The normalized spacial score (nSPS) is 11.2. The predicted molar refractivity (Wildman–Crippen MR) is 67.1 cm³/mol. The first-order valence-electron chi connectivity index (χ1n) is 5.15. The highest BCUT2D eigenvalue weighted by Crippen LogP contribution is 2.18. The van der Waals surface area contributed by atoms with Gasteiger partial charge >= 0.3 is 0 Å². The van der Waals surface area contributed by atoms with Crippen molar-refractivity contribution in [2.75, 3.05) is 4.72 Å². The van der Waals surface area contributed by atoms with E-state index in [0.717, 1.165) is 12.1 Å². The number of rotatable bonds is 4. The average molecular weight is 282 g/mol. The van der Waals surface area contributed by atoms with E-state index in [2.05, 4.69) is 9.82 Å². The van der Waals surface area contributed by atoms with Gasteiger partial charge in [0, 0.05) is 31.4 Å². The van der Waals surface area contributed by atoms with Crippen LogP contribution in [0.25, 0.3) is 0 Å². The molecule has 0 aliphatic heterocycles. The fourth-order valence-electron chi connectivity index (χ4n) is 1.41. The summed E-state index contributed by atoms with van der Waals surface area (Å²) >= 11 is 0. The zero-order valence-electron chi connectivity index (χ0n) is 9.85. The zero-order valence-corrected chi connectivity index (χ0v) is 10.7. The smallest absolute Gasteiger partial charge is 0.269 e. The number of non-ortho nitro benzene ring substituents is 1. The van der Waals surface area contributed by atoms with Gasteiger partial charge in [-0.3, -0.25) is 19.5 Å². The molecule has 0 saturated heterocycles. The fourth-order valence-corrected chi connectivity index (χ4v) is 2.41. The van der Waals surface area contributed by atoms with Crippen LogP contribution in [0.5, 0.6) is 0 Å². The molecule has 0 aliphatic rings. The van der Waals surface area contributed by atoms with Crippen LogP contribution in [0.3, 0.4) is 0 Å². The monoisotopic (exact) mass is 282 g/mol. The van der Waals surface area contributed by atoms with Crippen molar-refractivity contribution in [1.29, 1.82) is 0 Å². The number of nitro benzene ring substituents is 1. The highest BCUT2D eigenvalue weighted by atomic mass is 32.2. The van der Waals surface area contributed by atoms with E-state index in [1.165, 1.54) is 22.9 Å². The highest BCUT2D eigenvalue weighted by Gasteiger charge is 2.16. The van der Waals surface area contributed by atoms with Gasteiger partial charge in [0.2, 0.25) is 0 Å². The first-order chi connectivity index (χ1) is 8.88. The Morgan fingerprint density at radius 1 is 1.26 bits per heavy atom. The van der Waals surface area contributed by atoms with Crippen LogP contribution >= 0.6 is 0 Å². The van der Waals surface area contributed by atoms with Crippen LogP contribution < -0.4 is 4.72 Å². The van der Waals surface area contributed by atoms with E-state index in [0.29, 0.717) is 0 Å². The van der Waals surface area contributed by atoms with E-state index in [1.807, 2.05) is 0 Å². The number of hydrogen-bond donors (Lipinski definition) is 1. The number of nitrogens with one attached hydrogen (secondary N) is 1. The minimum absolute atomic E-state index is 0.0660. The number of sulfonamides is 1. The predicted octanol–water partition coefficient (Wildman–Crippen LogP) is 1.13. The Labute approximate surface area is 108 Å². The van der Waals surface area contributed by atoms with Crippen LogP contribution in [0.1, 0.15) is 0 Å². The molecule has 9 heteroatoms. The molecule has 0 amide bonds. The molecule has 1 N–H and O–H groups in total. The number of nitrogens with zero attached hydrogens (tertiary/aromatic N) is 3. The van der Waals surface area contributed by atoms with E-state index < -0.39 is 14.9 Å². The maximum absolute atomic E-state index is 12.0. The van der Waals surface area contributed by atoms with E-state index in [-0.39, 0.29) is 16.4 Å². The molecule has 1 aromatic carbocycles. The number of aryl methyl sites for hydroxylation is 1. The van der Waals surface area contributed by atoms with Crippen molar-refractivity contribution in [3.63, 3.8) is 0 Å². The molecular formula is C10H10N4O4S. The van der Waals surface area contributed by atoms with Crippen molar-refractivity contribution < 1.29 is 13.3 Å². The summed E-state index contributed by atoms with van der Waals surface area (Å²) in [6.45, 7) is 0. The Kier molecular flexibility index (Phi) is 3.21. The van der Waals surface area contributed by atoms with Crippen molar-refractivity contribution in [2.24, 2.45) is 7.05 Å². The van der Waals surface area contributed by atoms with Crippen molar-refractivity contribution in [1.82, 2.24) is 9.78 Å². The standard InChI is InChI=1S/C10H10N4O4S/c1-13-7-6-10(11-13)12-19(17,18)9-4-2-8(3-5-9)14(15)16/h2-7H,1H3,(H,11,12). The maximum Gasteiger partial charge on any atom is 0.269 e. The van der Waals surface area contributed by atoms with Gasteiger partial charge in [0.25, 0.3) is 15.7 Å². The Hall–Kier alpha value is -2.42. The van der Waals surface area contributed by atoms with Crippen LogP contribution in [0.15, 0.2) is 41.4 Å². The minimum atomic E-state index is -3.79. The van der Waals surface area contributed by atoms with E-state index >= 15 is 0 Å². The summed E-state index contributed by atoms with van der Waals surface area (Å²) in [6, 6.07) is 6.11. The van der Waals surface area contributed by atoms with Gasteiger partial charge in [0.05, 0.1) is 9.82 Å². The summed E-state index contributed by atoms with van der Waals surface area (Å²) in [7, 11) is -2.13. The van der Waals surface area contributed by atoms with E-state index in [4.69, 9.17) is 0 Å². The zero-order chi connectivity index (χ0) is 14.0. The van der Waals surface area contributed by atoms with Crippen molar-refractivity contribution in [3.8, 4) is 0 Å². The number of hydrogen-bond acceptors (Lipinski definition) is 5. The molecule has 2 aromatic rings. The van der Waals surface area contributed by atoms with Gasteiger partial charge < -0.3 is 0 Å². The Balaban J connectivity index is 2.26. The van der Waals surface area contributed by atoms with Crippen LogP contribution in [-0.4, -0.2) is 23.1 Å². The van der Waals surface area contributed by atoms with Gasteiger partial charge in [-0.1, -0.05) is 0 Å². The third-order valence-electron chi connectivity index (χ3n) is 2.31.